The van der Waals surface area contributed by atoms with E-state index >= 15 is 0 Å². The van der Waals surface area contributed by atoms with Crippen LogP contribution in [0.3, 0.4) is 0 Å². The summed E-state index contributed by atoms with van der Waals surface area (Å²) < 4.78 is 5.88. The maximum Gasteiger partial charge on any atom is 0.219 e. The summed E-state index contributed by atoms with van der Waals surface area (Å²) in [7, 11) is 0. The van der Waals surface area contributed by atoms with Crippen LogP contribution in [-0.2, 0) is 0 Å². The summed E-state index contributed by atoms with van der Waals surface area (Å²) in [5.74, 6) is 1.50. The minimum Gasteiger partial charge on any atom is -0.439 e. The van der Waals surface area contributed by atoms with Crippen LogP contribution >= 0.6 is 0 Å². The Kier molecular flexibility index (Phi) is 3.69. The van der Waals surface area contributed by atoms with Crippen LogP contribution in [0.5, 0.6) is 11.6 Å². The molecular weight excluding hydrogens is 286 g/mol. The number of anilines is 1. The predicted molar refractivity (Wildman–Crippen MR) is 92.2 cm³/mol. The number of benzene rings is 1. The molecule has 1 spiro atoms. The van der Waals surface area contributed by atoms with E-state index in [1.807, 2.05) is 31.3 Å². The van der Waals surface area contributed by atoms with Crippen LogP contribution in [0.15, 0.2) is 42.6 Å². The van der Waals surface area contributed by atoms with E-state index in [1.54, 1.807) is 0 Å². The van der Waals surface area contributed by atoms with Gasteiger partial charge in [-0.05, 0) is 50.6 Å². The van der Waals surface area contributed by atoms with Gasteiger partial charge < -0.3 is 15.0 Å². The first-order valence-corrected chi connectivity index (χ1v) is 8.39. The van der Waals surface area contributed by atoms with Crippen molar-refractivity contribution in [2.45, 2.75) is 19.8 Å². The van der Waals surface area contributed by atoms with Crippen molar-refractivity contribution in [2.75, 3.05) is 31.1 Å². The van der Waals surface area contributed by atoms with E-state index in [-0.39, 0.29) is 0 Å². The van der Waals surface area contributed by atoms with E-state index in [0.29, 0.717) is 11.3 Å². The van der Waals surface area contributed by atoms with E-state index in [2.05, 4.69) is 33.4 Å². The molecule has 23 heavy (non-hydrogen) atoms. The first-order chi connectivity index (χ1) is 11.2. The zero-order valence-electron chi connectivity index (χ0n) is 13.6. The highest BCUT2D eigenvalue weighted by Gasteiger charge is 2.43. The van der Waals surface area contributed by atoms with Gasteiger partial charge in [0.2, 0.25) is 5.88 Å². The van der Waals surface area contributed by atoms with Gasteiger partial charge in [-0.25, -0.2) is 4.98 Å². The summed E-state index contributed by atoms with van der Waals surface area (Å²) in [5.41, 5.74) is 2.93. The summed E-state index contributed by atoms with van der Waals surface area (Å²) in [5, 5.41) is 3.46. The molecule has 1 aromatic heterocycles. The van der Waals surface area contributed by atoms with E-state index in [9.17, 15) is 0 Å². The number of rotatable bonds is 3. The number of ether oxygens (including phenoxy) is 1. The molecular formula is C19H23N3O. The highest BCUT2D eigenvalue weighted by molar-refractivity contribution is 5.54. The van der Waals surface area contributed by atoms with Crippen molar-refractivity contribution < 1.29 is 4.74 Å². The lowest BCUT2D eigenvalue weighted by Gasteiger charge is -2.53. The molecule has 0 amide bonds. The van der Waals surface area contributed by atoms with Gasteiger partial charge in [0, 0.05) is 42.5 Å². The van der Waals surface area contributed by atoms with Crippen LogP contribution in [0.4, 0.5) is 5.69 Å². The second-order valence-electron chi connectivity index (χ2n) is 6.88. The van der Waals surface area contributed by atoms with Gasteiger partial charge in [0.25, 0.3) is 0 Å². The average Bonchev–Trinajstić information content (AvgIpc) is 2.56. The van der Waals surface area contributed by atoms with Crippen molar-refractivity contribution in [3.05, 3.63) is 48.2 Å². The lowest BCUT2D eigenvalue weighted by molar-refractivity contribution is 0.150. The van der Waals surface area contributed by atoms with Gasteiger partial charge in [0.15, 0.2) is 0 Å². The molecule has 4 heteroatoms. The predicted octanol–water partition coefficient (Wildman–Crippen LogP) is 3.37. The highest BCUT2D eigenvalue weighted by atomic mass is 16.5. The minimum atomic E-state index is 0.542. The van der Waals surface area contributed by atoms with Crippen LogP contribution < -0.4 is 15.0 Å². The molecule has 4 rings (SSSR count). The molecule has 2 aliphatic rings. The van der Waals surface area contributed by atoms with Crippen LogP contribution in [-0.4, -0.2) is 31.2 Å². The SMILES string of the molecule is Cc1ccc(Oc2cccc(N3CC4(CCNCC4)C3)c2)nc1. The lowest BCUT2D eigenvalue weighted by atomic mass is 9.72. The van der Waals surface area contributed by atoms with Crippen LogP contribution in [0, 0.1) is 12.3 Å². The fourth-order valence-corrected chi connectivity index (χ4v) is 3.60. The van der Waals surface area contributed by atoms with E-state index in [0.717, 1.165) is 24.4 Å². The van der Waals surface area contributed by atoms with E-state index < -0.39 is 0 Å². The molecule has 0 atom stereocenters. The van der Waals surface area contributed by atoms with Gasteiger partial charge in [-0.1, -0.05) is 12.1 Å². The summed E-state index contributed by atoms with van der Waals surface area (Å²) in [6.07, 6.45) is 4.43. The Hall–Kier alpha value is -2.07. The van der Waals surface area contributed by atoms with Gasteiger partial charge >= 0.3 is 0 Å². The molecule has 3 heterocycles. The smallest absolute Gasteiger partial charge is 0.219 e. The molecule has 2 saturated heterocycles. The van der Waals surface area contributed by atoms with Crippen molar-refractivity contribution in [2.24, 2.45) is 5.41 Å². The topological polar surface area (TPSA) is 37.4 Å². The molecule has 0 bridgehead atoms. The molecule has 2 aromatic rings. The Morgan fingerprint density at radius 3 is 2.70 bits per heavy atom. The maximum absolute atomic E-state index is 5.88. The monoisotopic (exact) mass is 309 g/mol. The summed E-state index contributed by atoms with van der Waals surface area (Å²) in [4.78, 5) is 6.77. The number of aryl methyl sites for hydroxylation is 1. The van der Waals surface area contributed by atoms with Crippen molar-refractivity contribution in [3.63, 3.8) is 0 Å². The zero-order valence-corrected chi connectivity index (χ0v) is 13.6. The third kappa shape index (κ3) is 3.04. The number of nitrogens with zero attached hydrogens (tertiary/aromatic N) is 2. The molecule has 120 valence electrons. The quantitative estimate of drug-likeness (QED) is 0.943. The van der Waals surface area contributed by atoms with Gasteiger partial charge in [-0.3, -0.25) is 0 Å². The van der Waals surface area contributed by atoms with Gasteiger partial charge in [0.05, 0.1) is 0 Å². The normalized spacial score (nSPS) is 19.4. The Balaban J connectivity index is 1.44. The largest absolute Gasteiger partial charge is 0.439 e. The summed E-state index contributed by atoms with van der Waals surface area (Å²) in [6.45, 7) is 6.69. The van der Waals surface area contributed by atoms with E-state index in [4.69, 9.17) is 4.74 Å². The number of piperidine rings is 1. The molecule has 1 N–H and O–H groups in total. The van der Waals surface area contributed by atoms with E-state index in [1.165, 1.54) is 31.6 Å². The lowest BCUT2D eigenvalue weighted by Crippen LogP contribution is -2.60. The fourth-order valence-electron chi connectivity index (χ4n) is 3.60. The first-order valence-electron chi connectivity index (χ1n) is 8.39. The van der Waals surface area contributed by atoms with Gasteiger partial charge in [0.1, 0.15) is 5.75 Å². The minimum absolute atomic E-state index is 0.542. The molecule has 2 fully saturated rings. The highest BCUT2D eigenvalue weighted by Crippen LogP contribution is 2.41. The number of pyridine rings is 1. The summed E-state index contributed by atoms with van der Waals surface area (Å²) in [6, 6.07) is 12.3. The molecule has 0 radical (unpaired) electrons. The van der Waals surface area contributed by atoms with Crippen LogP contribution in [0.25, 0.3) is 0 Å². The third-order valence-corrected chi connectivity index (χ3v) is 5.01. The van der Waals surface area contributed by atoms with Crippen LogP contribution in [0.1, 0.15) is 18.4 Å². The molecule has 2 aliphatic heterocycles. The number of hydrogen-bond acceptors (Lipinski definition) is 4. The Morgan fingerprint density at radius 1 is 1.13 bits per heavy atom. The number of aromatic nitrogens is 1. The maximum atomic E-state index is 5.88. The molecule has 4 nitrogen and oxygen atoms in total. The Labute approximate surface area is 137 Å². The van der Waals surface area contributed by atoms with Crippen molar-refractivity contribution in [1.29, 1.82) is 0 Å². The zero-order chi connectivity index (χ0) is 15.7. The fraction of sp³-hybridized carbons (Fsp3) is 0.421. The number of nitrogens with one attached hydrogen (secondary N) is 1. The van der Waals surface area contributed by atoms with Gasteiger partial charge in [-0.2, -0.15) is 0 Å². The Morgan fingerprint density at radius 2 is 1.96 bits per heavy atom. The molecule has 0 unspecified atom stereocenters. The second kappa shape index (κ2) is 5.85. The first kappa shape index (κ1) is 14.5. The molecule has 0 aliphatic carbocycles. The Bertz CT molecular complexity index is 669. The third-order valence-electron chi connectivity index (χ3n) is 5.01. The van der Waals surface area contributed by atoms with Gasteiger partial charge in [-0.15, -0.1) is 0 Å². The second-order valence-corrected chi connectivity index (χ2v) is 6.88. The van der Waals surface area contributed by atoms with Crippen LogP contribution in [0.2, 0.25) is 0 Å². The van der Waals surface area contributed by atoms with Crippen molar-refractivity contribution >= 4 is 5.69 Å². The van der Waals surface area contributed by atoms with Crippen molar-refractivity contribution in [1.82, 2.24) is 10.3 Å². The standard InChI is InChI=1S/C19H23N3O/c1-15-5-6-18(21-12-15)23-17-4-2-3-16(11-17)22-13-19(14-22)7-9-20-10-8-19/h2-6,11-12,20H,7-10,13-14H2,1H3. The summed E-state index contributed by atoms with van der Waals surface area (Å²) >= 11 is 0. The average molecular weight is 309 g/mol. The molecule has 1 aromatic carbocycles. The number of hydrogen-bond donors (Lipinski definition) is 1. The van der Waals surface area contributed by atoms with Crippen molar-refractivity contribution in [3.8, 4) is 11.6 Å². The molecule has 0 saturated carbocycles.